The lowest BCUT2D eigenvalue weighted by Gasteiger charge is -2.36. The van der Waals surface area contributed by atoms with Gasteiger partial charge in [0.1, 0.15) is 18.3 Å². The van der Waals surface area contributed by atoms with Crippen LogP contribution in [0.2, 0.25) is 0 Å². The fourth-order valence-electron chi connectivity index (χ4n) is 1.53. The first kappa shape index (κ1) is 15.3. The van der Waals surface area contributed by atoms with Gasteiger partial charge in [-0.15, -0.1) is 0 Å². The van der Waals surface area contributed by atoms with Crippen molar-refractivity contribution in [3.63, 3.8) is 0 Å². The maximum atomic E-state index is 11.6. The SMILES string of the molecule is CC(C)CCOC(=O)C1O[C@@H](O)C(O)[C@@H](O)[C@@H]1O. The van der Waals surface area contributed by atoms with Crippen LogP contribution in [0.15, 0.2) is 0 Å². The molecule has 18 heavy (non-hydrogen) atoms. The lowest BCUT2D eigenvalue weighted by molar-refractivity contribution is -0.281. The molecule has 4 N–H and O–H groups in total. The number of carbonyl (C=O) groups excluding carboxylic acids is 1. The standard InChI is InChI=1S/C11H20O7/c1-5(2)3-4-17-11(16)9-7(13)6(12)8(14)10(15)18-9/h5-10,12-15H,3-4H2,1-2H3/t6-,7-,8?,9?,10+/m0/s1. The average Bonchev–Trinajstić information content (AvgIpc) is 2.30. The van der Waals surface area contributed by atoms with E-state index in [1.807, 2.05) is 13.8 Å². The Balaban J connectivity index is 2.51. The summed E-state index contributed by atoms with van der Waals surface area (Å²) in [4.78, 5) is 11.6. The van der Waals surface area contributed by atoms with E-state index < -0.39 is 36.7 Å². The zero-order chi connectivity index (χ0) is 13.9. The Hall–Kier alpha value is -0.730. The van der Waals surface area contributed by atoms with Crippen molar-refractivity contribution in [1.29, 1.82) is 0 Å². The minimum absolute atomic E-state index is 0.165. The third-order valence-electron chi connectivity index (χ3n) is 2.76. The van der Waals surface area contributed by atoms with Gasteiger partial charge < -0.3 is 29.9 Å². The first-order valence-electron chi connectivity index (χ1n) is 5.89. The van der Waals surface area contributed by atoms with Gasteiger partial charge in [-0.05, 0) is 12.3 Å². The lowest BCUT2D eigenvalue weighted by atomic mass is 9.99. The van der Waals surface area contributed by atoms with Crippen LogP contribution in [0, 0.1) is 5.92 Å². The first-order chi connectivity index (χ1) is 8.34. The van der Waals surface area contributed by atoms with Crippen molar-refractivity contribution in [2.45, 2.75) is 51.0 Å². The highest BCUT2D eigenvalue weighted by atomic mass is 16.7. The monoisotopic (exact) mass is 264 g/mol. The largest absolute Gasteiger partial charge is 0.464 e. The van der Waals surface area contributed by atoms with E-state index in [4.69, 9.17) is 9.47 Å². The van der Waals surface area contributed by atoms with E-state index in [0.717, 1.165) is 0 Å². The Morgan fingerprint density at radius 3 is 2.33 bits per heavy atom. The van der Waals surface area contributed by atoms with E-state index in [1.165, 1.54) is 0 Å². The van der Waals surface area contributed by atoms with Crippen molar-refractivity contribution in [3.8, 4) is 0 Å². The Kier molecular flexibility index (Phi) is 5.48. The molecule has 7 nitrogen and oxygen atoms in total. The smallest absolute Gasteiger partial charge is 0.338 e. The van der Waals surface area contributed by atoms with E-state index >= 15 is 0 Å². The molecular weight excluding hydrogens is 244 g/mol. The van der Waals surface area contributed by atoms with Crippen LogP contribution in [0.1, 0.15) is 20.3 Å². The topological polar surface area (TPSA) is 116 Å². The van der Waals surface area contributed by atoms with Gasteiger partial charge in [0.2, 0.25) is 0 Å². The van der Waals surface area contributed by atoms with Gasteiger partial charge in [0.25, 0.3) is 0 Å². The molecule has 106 valence electrons. The minimum atomic E-state index is -1.73. The Morgan fingerprint density at radius 1 is 1.17 bits per heavy atom. The second-order valence-corrected chi connectivity index (χ2v) is 4.77. The number of hydrogen-bond donors (Lipinski definition) is 4. The third-order valence-corrected chi connectivity index (χ3v) is 2.76. The minimum Gasteiger partial charge on any atom is -0.464 e. The molecule has 0 saturated carbocycles. The van der Waals surface area contributed by atoms with Gasteiger partial charge in [-0.1, -0.05) is 13.8 Å². The van der Waals surface area contributed by atoms with Gasteiger partial charge in [-0.3, -0.25) is 0 Å². The van der Waals surface area contributed by atoms with E-state index in [-0.39, 0.29) is 6.61 Å². The van der Waals surface area contributed by atoms with Crippen LogP contribution in [0.4, 0.5) is 0 Å². The maximum Gasteiger partial charge on any atom is 0.338 e. The number of hydrogen-bond acceptors (Lipinski definition) is 7. The van der Waals surface area contributed by atoms with Crippen LogP contribution in [0.25, 0.3) is 0 Å². The molecule has 0 bridgehead atoms. The van der Waals surface area contributed by atoms with Gasteiger partial charge >= 0.3 is 5.97 Å². The van der Waals surface area contributed by atoms with Gasteiger partial charge in [-0.2, -0.15) is 0 Å². The number of esters is 1. The zero-order valence-electron chi connectivity index (χ0n) is 10.4. The Labute approximate surface area is 105 Å². The van der Waals surface area contributed by atoms with E-state index in [1.54, 1.807) is 0 Å². The molecule has 0 radical (unpaired) electrons. The van der Waals surface area contributed by atoms with Gasteiger partial charge in [0.15, 0.2) is 12.4 Å². The molecule has 1 fully saturated rings. The second-order valence-electron chi connectivity index (χ2n) is 4.77. The van der Waals surface area contributed by atoms with Crippen molar-refractivity contribution >= 4 is 5.97 Å². The highest BCUT2D eigenvalue weighted by Crippen LogP contribution is 2.20. The molecule has 1 saturated heterocycles. The van der Waals surface area contributed by atoms with Crippen LogP contribution < -0.4 is 0 Å². The molecule has 0 aromatic carbocycles. The molecule has 1 heterocycles. The van der Waals surface area contributed by atoms with Crippen molar-refractivity contribution in [1.82, 2.24) is 0 Å². The van der Waals surface area contributed by atoms with Gasteiger partial charge in [-0.25, -0.2) is 4.79 Å². The number of carbonyl (C=O) groups is 1. The normalized spacial score (nSPS) is 36.7. The quantitative estimate of drug-likeness (QED) is 0.451. The fourth-order valence-corrected chi connectivity index (χ4v) is 1.53. The summed E-state index contributed by atoms with van der Waals surface area (Å²) < 4.78 is 9.59. The van der Waals surface area contributed by atoms with Crippen LogP contribution >= 0.6 is 0 Å². The number of aliphatic hydroxyl groups excluding tert-OH is 4. The molecule has 0 amide bonds. The molecule has 1 aliphatic rings. The predicted molar refractivity (Wildman–Crippen MR) is 59.3 cm³/mol. The summed E-state index contributed by atoms with van der Waals surface area (Å²) in [7, 11) is 0. The molecule has 7 heteroatoms. The highest BCUT2D eigenvalue weighted by molar-refractivity contribution is 5.75. The molecule has 5 atom stereocenters. The number of aliphatic hydroxyl groups is 4. The summed E-state index contributed by atoms with van der Waals surface area (Å²) in [6.07, 6.45) is -7.51. The molecule has 0 aromatic rings. The molecule has 2 unspecified atom stereocenters. The third kappa shape index (κ3) is 3.63. The summed E-state index contributed by atoms with van der Waals surface area (Å²) in [6, 6.07) is 0. The van der Waals surface area contributed by atoms with Crippen LogP contribution in [0.5, 0.6) is 0 Å². The summed E-state index contributed by atoms with van der Waals surface area (Å²) in [5, 5.41) is 37.4. The summed E-state index contributed by atoms with van der Waals surface area (Å²) in [5.74, 6) is -0.513. The second kappa shape index (κ2) is 6.44. The number of ether oxygens (including phenoxy) is 2. The van der Waals surface area contributed by atoms with E-state index in [0.29, 0.717) is 12.3 Å². The van der Waals surface area contributed by atoms with Crippen molar-refractivity contribution in [2.75, 3.05) is 6.61 Å². The van der Waals surface area contributed by atoms with Crippen molar-refractivity contribution in [3.05, 3.63) is 0 Å². The summed E-state index contributed by atoms with van der Waals surface area (Å²) in [6.45, 7) is 4.09. The van der Waals surface area contributed by atoms with E-state index in [2.05, 4.69) is 0 Å². The van der Waals surface area contributed by atoms with E-state index in [9.17, 15) is 25.2 Å². The zero-order valence-corrected chi connectivity index (χ0v) is 10.4. The molecule has 0 aliphatic carbocycles. The van der Waals surface area contributed by atoms with Gasteiger partial charge in [0, 0.05) is 0 Å². The summed E-state index contributed by atoms with van der Waals surface area (Å²) >= 11 is 0. The predicted octanol–water partition coefficient (Wildman–Crippen LogP) is -1.62. The molecular formula is C11H20O7. The maximum absolute atomic E-state index is 11.6. The number of rotatable bonds is 4. The van der Waals surface area contributed by atoms with Crippen LogP contribution in [-0.2, 0) is 14.3 Å². The highest BCUT2D eigenvalue weighted by Gasteiger charge is 2.46. The lowest BCUT2D eigenvalue weighted by Crippen LogP contribution is -2.60. The molecule has 0 aromatic heterocycles. The fraction of sp³-hybridized carbons (Fsp3) is 0.909. The van der Waals surface area contributed by atoms with Crippen LogP contribution in [0.3, 0.4) is 0 Å². The van der Waals surface area contributed by atoms with Gasteiger partial charge in [0.05, 0.1) is 6.61 Å². The Morgan fingerprint density at radius 2 is 1.78 bits per heavy atom. The molecule has 1 aliphatic heterocycles. The molecule has 1 rings (SSSR count). The van der Waals surface area contributed by atoms with Crippen molar-refractivity contribution < 1.29 is 34.7 Å². The van der Waals surface area contributed by atoms with Crippen LogP contribution in [-0.4, -0.2) is 63.7 Å². The molecule has 0 spiro atoms. The average molecular weight is 264 g/mol. The first-order valence-corrected chi connectivity index (χ1v) is 5.89. The summed E-state index contributed by atoms with van der Waals surface area (Å²) in [5.41, 5.74) is 0. The van der Waals surface area contributed by atoms with Crippen molar-refractivity contribution in [2.24, 2.45) is 5.92 Å². The Bertz CT molecular complexity index is 281.